The molecule has 0 aliphatic carbocycles. The molecule has 2 aromatic carbocycles. The first-order valence-corrected chi connectivity index (χ1v) is 9.59. The molecule has 3 aromatic rings. The van der Waals surface area contributed by atoms with E-state index < -0.39 is 0 Å². The molecule has 26 heavy (non-hydrogen) atoms. The number of benzene rings is 2. The average molecular weight is 364 g/mol. The molecule has 2 heterocycles. The zero-order chi connectivity index (χ0) is 18.1. The van der Waals surface area contributed by atoms with Crippen LogP contribution in [0.25, 0.3) is 16.8 Å². The number of aromatic nitrogens is 3. The van der Waals surface area contributed by atoms with Crippen LogP contribution in [0.3, 0.4) is 0 Å². The molecule has 6 heteroatoms. The van der Waals surface area contributed by atoms with Gasteiger partial charge in [0.05, 0.1) is 5.70 Å². The number of hydrogen-bond donors (Lipinski definition) is 2. The van der Waals surface area contributed by atoms with Crippen molar-refractivity contribution in [3.63, 3.8) is 0 Å². The molecule has 1 aromatic heterocycles. The molecule has 1 aliphatic rings. The van der Waals surface area contributed by atoms with Crippen LogP contribution < -0.4 is 11.2 Å². The molecule has 5 nitrogen and oxygen atoms in total. The normalized spacial score (nSPS) is 14.5. The van der Waals surface area contributed by atoms with Gasteiger partial charge in [0, 0.05) is 11.3 Å². The van der Waals surface area contributed by atoms with Crippen LogP contribution in [0.15, 0.2) is 65.2 Å². The molecular weight excluding hydrogens is 342 g/mol. The van der Waals surface area contributed by atoms with Crippen molar-refractivity contribution >= 4 is 17.5 Å². The van der Waals surface area contributed by atoms with Crippen LogP contribution in [0, 0.1) is 5.92 Å². The summed E-state index contributed by atoms with van der Waals surface area (Å²) in [4.78, 5) is 0. The van der Waals surface area contributed by atoms with Gasteiger partial charge in [-0.1, -0.05) is 80.2 Å². The smallest absolute Gasteiger partial charge is 0.214 e. The summed E-state index contributed by atoms with van der Waals surface area (Å²) in [6.45, 7) is 4.29. The van der Waals surface area contributed by atoms with Crippen LogP contribution in [0.4, 0.5) is 0 Å². The van der Waals surface area contributed by atoms with Crippen molar-refractivity contribution in [3.05, 3.63) is 71.4 Å². The summed E-state index contributed by atoms with van der Waals surface area (Å²) < 4.78 is 1.96. The molecule has 0 bridgehead atoms. The maximum absolute atomic E-state index is 4.33. The van der Waals surface area contributed by atoms with Crippen molar-refractivity contribution in [2.45, 2.75) is 25.0 Å². The fourth-order valence-corrected chi connectivity index (χ4v) is 3.61. The Hall–Kier alpha value is -2.57. The number of thioether (sulfide) groups is 1. The third kappa shape index (κ3) is 3.13. The Labute approximate surface area is 157 Å². The van der Waals surface area contributed by atoms with Crippen LogP contribution >= 0.6 is 11.8 Å². The van der Waals surface area contributed by atoms with E-state index in [2.05, 4.69) is 89.1 Å². The maximum atomic E-state index is 4.33. The predicted molar refractivity (Wildman–Crippen MR) is 106 cm³/mol. The van der Waals surface area contributed by atoms with Crippen LogP contribution in [-0.2, 0) is 0 Å². The van der Waals surface area contributed by atoms with Gasteiger partial charge in [-0.3, -0.25) is 5.43 Å². The van der Waals surface area contributed by atoms with E-state index in [1.807, 2.05) is 10.7 Å². The second kappa shape index (κ2) is 6.97. The lowest BCUT2D eigenvalue weighted by Crippen LogP contribution is -2.57. The van der Waals surface area contributed by atoms with E-state index in [1.54, 1.807) is 11.8 Å². The minimum absolute atomic E-state index is 0.0872. The highest BCUT2D eigenvalue weighted by Crippen LogP contribution is 2.31. The van der Waals surface area contributed by atoms with Gasteiger partial charge >= 0.3 is 0 Å². The summed E-state index contributed by atoms with van der Waals surface area (Å²) >= 11 is 1.58. The Morgan fingerprint density at radius 1 is 0.923 bits per heavy atom. The third-order valence-electron chi connectivity index (χ3n) is 4.61. The van der Waals surface area contributed by atoms with Crippen molar-refractivity contribution in [3.8, 4) is 11.1 Å². The molecule has 4 N–H and O–H groups in total. The molecular formula is C20H22N5S+. The third-order valence-corrected chi connectivity index (χ3v) is 5.44. The van der Waals surface area contributed by atoms with E-state index in [-0.39, 0.29) is 6.04 Å². The second-order valence-corrected chi connectivity index (χ2v) is 7.57. The Morgan fingerprint density at radius 3 is 2.27 bits per heavy atom. The first-order chi connectivity index (χ1) is 12.6. The first kappa shape index (κ1) is 16.9. The van der Waals surface area contributed by atoms with Crippen molar-refractivity contribution in [1.82, 2.24) is 14.9 Å². The predicted octanol–water partition coefficient (Wildman–Crippen LogP) is 3.53. The molecule has 1 atom stereocenters. The highest BCUT2D eigenvalue weighted by molar-refractivity contribution is 8.02. The van der Waals surface area contributed by atoms with Gasteiger partial charge < -0.3 is 5.73 Å². The van der Waals surface area contributed by atoms with E-state index >= 15 is 0 Å². The molecule has 0 unspecified atom stereocenters. The lowest BCUT2D eigenvalue weighted by Gasteiger charge is -2.21. The van der Waals surface area contributed by atoms with Crippen LogP contribution in [-0.4, -0.2) is 14.9 Å². The highest BCUT2D eigenvalue weighted by atomic mass is 32.2. The molecule has 0 spiro atoms. The monoisotopic (exact) mass is 364 g/mol. The molecule has 0 amide bonds. The van der Waals surface area contributed by atoms with E-state index in [4.69, 9.17) is 0 Å². The number of rotatable bonds is 4. The fraction of sp³-hybridized carbons (Fsp3) is 0.200. The summed E-state index contributed by atoms with van der Waals surface area (Å²) in [7, 11) is 0. The lowest BCUT2D eigenvalue weighted by atomic mass is 10.0. The Kier molecular flexibility index (Phi) is 4.53. The van der Waals surface area contributed by atoms with Crippen LogP contribution in [0.1, 0.15) is 31.3 Å². The van der Waals surface area contributed by atoms with E-state index in [0.29, 0.717) is 5.92 Å². The molecule has 0 fully saturated rings. The van der Waals surface area contributed by atoms with Gasteiger partial charge in [-0.2, -0.15) is 0 Å². The average Bonchev–Trinajstić information content (AvgIpc) is 3.11. The molecule has 4 rings (SSSR count). The van der Waals surface area contributed by atoms with Gasteiger partial charge in [-0.05, 0) is 16.7 Å². The van der Waals surface area contributed by atoms with E-state index in [0.717, 1.165) is 22.2 Å². The summed E-state index contributed by atoms with van der Waals surface area (Å²) in [5, 5.41) is 11.5. The number of nitrogens with one attached hydrogen (secondary N) is 1. The summed E-state index contributed by atoms with van der Waals surface area (Å²) in [5.74, 6) is 1.27. The quantitative estimate of drug-likeness (QED) is 0.743. The Balaban J connectivity index is 1.59. The molecule has 132 valence electrons. The van der Waals surface area contributed by atoms with Gasteiger partial charge in [0.2, 0.25) is 11.0 Å². The zero-order valence-corrected chi connectivity index (χ0v) is 15.7. The minimum Gasteiger partial charge on any atom is -0.348 e. The van der Waals surface area contributed by atoms with Crippen molar-refractivity contribution in [1.29, 1.82) is 0 Å². The van der Waals surface area contributed by atoms with Gasteiger partial charge in [0.1, 0.15) is 6.04 Å². The van der Waals surface area contributed by atoms with E-state index in [1.165, 1.54) is 11.1 Å². The standard InChI is InChI=1S/C20H21N5S/c1-13(2)18(21)19-22-23-20-25(19)24-17(12-26-20)16-10-8-15(9-11-16)14-6-4-3-5-7-14/h3-13,18,24H,21H2,1-2H3/p+1/t18-/m0/s1. The Bertz CT molecular complexity index is 929. The molecule has 0 saturated heterocycles. The topological polar surface area (TPSA) is 70.4 Å². The fourth-order valence-electron chi connectivity index (χ4n) is 2.86. The number of hydrogen-bond acceptors (Lipinski definition) is 4. The van der Waals surface area contributed by atoms with Crippen LogP contribution in [0.2, 0.25) is 0 Å². The van der Waals surface area contributed by atoms with Gasteiger partial charge in [0.15, 0.2) is 0 Å². The van der Waals surface area contributed by atoms with Gasteiger partial charge in [-0.15, -0.1) is 10.2 Å². The Morgan fingerprint density at radius 2 is 1.58 bits per heavy atom. The number of quaternary nitrogens is 1. The van der Waals surface area contributed by atoms with E-state index in [9.17, 15) is 0 Å². The van der Waals surface area contributed by atoms with Crippen molar-refractivity contribution in [2.75, 3.05) is 5.43 Å². The summed E-state index contributed by atoms with van der Waals surface area (Å²) in [6, 6.07) is 19.1. The first-order valence-electron chi connectivity index (χ1n) is 8.71. The maximum Gasteiger partial charge on any atom is 0.214 e. The molecule has 0 radical (unpaired) electrons. The molecule has 1 aliphatic heterocycles. The zero-order valence-electron chi connectivity index (χ0n) is 14.9. The SMILES string of the molecule is CC(C)[C@H]([NH3+])c1nnc2n1NC(c1ccc(-c3ccccc3)cc1)=CS2. The van der Waals surface area contributed by atoms with Gasteiger partial charge in [-0.25, -0.2) is 4.68 Å². The largest absolute Gasteiger partial charge is 0.348 e. The number of nitrogens with zero attached hydrogens (tertiary/aromatic N) is 3. The van der Waals surface area contributed by atoms with Gasteiger partial charge in [0.25, 0.3) is 0 Å². The summed E-state index contributed by atoms with van der Waals surface area (Å²) in [5.41, 5.74) is 12.3. The minimum atomic E-state index is 0.0872. The second-order valence-electron chi connectivity index (χ2n) is 6.73. The van der Waals surface area contributed by atoms with Crippen molar-refractivity contribution in [2.24, 2.45) is 5.92 Å². The highest BCUT2D eigenvalue weighted by Gasteiger charge is 2.26. The summed E-state index contributed by atoms with van der Waals surface area (Å²) in [6.07, 6.45) is 0. The molecule has 0 saturated carbocycles. The number of fused-ring (bicyclic) bond motifs is 1. The van der Waals surface area contributed by atoms with Crippen molar-refractivity contribution < 1.29 is 5.73 Å². The van der Waals surface area contributed by atoms with Crippen LogP contribution in [0.5, 0.6) is 0 Å². The lowest BCUT2D eigenvalue weighted by molar-refractivity contribution is -0.440.